The average Bonchev–Trinajstić information content (AvgIpc) is 2.63. The third-order valence-electron chi connectivity index (χ3n) is 3.56. The van der Waals surface area contributed by atoms with Crippen molar-refractivity contribution < 1.29 is 26.3 Å². The Morgan fingerprint density at radius 3 is 1.17 bits per heavy atom. The van der Waals surface area contributed by atoms with Crippen LogP contribution < -0.4 is 0 Å². The minimum atomic E-state index is -4.37. The maximum Gasteiger partial charge on any atom is 0.446 e. The molecule has 0 aromatic heterocycles. The monoisotopic (exact) mass is 463 g/mol. The fraction of sp³-hybridized carbons (Fsp3) is 0.100. The predicted molar refractivity (Wildman–Crippen MR) is 105 cm³/mol. The lowest BCUT2D eigenvalue weighted by molar-refractivity contribution is -0.0337. The summed E-state index contributed by atoms with van der Waals surface area (Å²) >= 11 is -0.372. The van der Waals surface area contributed by atoms with Crippen molar-refractivity contribution in [1.29, 1.82) is 0 Å². The smallest absolute Gasteiger partial charge is 0.160 e. The van der Waals surface area contributed by atoms with E-state index in [0.717, 1.165) is 14.7 Å². The predicted octanol–water partition coefficient (Wildman–Crippen LogP) is 8.01. The average molecular weight is 464 g/mol. The molecule has 0 saturated carbocycles. The van der Waals surface area contributed by atoms with Crippen LogP contribution in [0, 0.1) is 0 Å². The van der Waals surface area contributed by atoms with Crippen LogP contribution in [-0.2, 0) is 10.9 Å². The molecule has 0 bridgehead atoms. The quantitative estimate of drug-likeness (QED) is 0.214. The van der Waals surface area contributed by atoms with Crippen molar-refractivity contribution >= 4 is 34.4 Å². The molecule has 0 amide bonds. The van der Waals surface area contributed by atoms with Crippen LogP contribution >= 0.6 is 23.5 Å². The summed E-state index contributed by atoms with van der Waals surface area (Å²) in [6, 6.07) is 21.4. The van der Waals surface area contributed by atoms with Crippen molar-refractivity contribution in [3.63, 3.8) is 0 Å². The molecule has 0 aliphatic carbocycles. The van der Waals surface area contributed by atoms with E-state index in [1.807, 2.05) is 30.3 Å². The highest BCUT2D eigenvalue weighted by Gasteiger charge is 2.32. The van der Waals surface area contributed by atoms with E-state index in [-0.39, 0.29) is 33.3 Å². The van der Waals surface area contributed by atoms with Gasteiger partial charge in [-0.15, -0.1) is 0 Å². The van der Waals surface area contributed by atoms with E-state index < -0.39 is 21.9 Å². The molecule has 29 heavy (non-hydrogen) atoms. The first-order chi connectivity index (χ1) is 13.6. The number of benzene rings is 3. The summed E-state index contributed by atoms with van der Waals surface area (Å²) in [7, 11) is -0.658. The molecular formula is C20H13F6S3+. The molecule has 0 aliphatic heterocycles. The Labute approximate surface area is 175 Å². The summed E-state index contributed by atoms with van der Waals surface area (Å²) in [4.78, 5) is 2.63. The Bertz CT molecular complexity index is 860. The highest BCUT2D eigenvalue weighted by molar-refractivity contribution is 8.00. The first-order valence-corrected chi connectivity index (χ1v) is 11.0. The van der Waals surface area contributed by atoms with Crippen molar-refractivity contribution in [2.24, 2.45) is 0 Å². The molecule has 3 rings (SSSR count). The second-order valence-corrected chi connectivity index (χ2v) is 9.96. The Balaban J connectivity index is 1.94. The third-order valence-corrected chi connectivity index (χ3v) is 7.27. The fourth-order valence-electron chi connectivity index (χ4n) is 2.52. The zero-order chi connectivity index (χ0) is 21.1. The van der Waals surface area contributed by atoms with Crippen molar-refractivity contribution in [2.45, 2.75) is 35.5 Å². The number of alkyl halides is 6. The molecule has 3 aromatic rings. The lowest BCUT2D eigenvalue weighted by Crippen LogP contribution is -2.05. The van der Waals surface area contributed by atoms with Gasteiger partial charge < -0.3 is 0 Å². The topological polar surface area (TPSA) is 0 Å². The Kier molecular flexibility index (Phi) is 6.80. The van der Waals surface area contributed by atoms with Crippen molar-refractivity contribution in [2.75, 3.05) is 0 Å². The van der Waals surface area contributed by atoms with E-state index in [1.54, 1.807) is 24.3 Å². The minimum Gasteiger partial charge on any atom is -0.160 e. The van der Waals surface area contributed by atoms with Gasteiger partial charge in [0, 0.05) is 9.79 Å². The van der Waals surface area contributed by atoms with Gasteiger partial charge in [-0.3, -0.25) is 0 Å². The van der Waals surface area contributed by atoms with Gasteiger partial charge in [-0.2, -0.15) is 26.3 Å². The second kappa shape index (κ2) is 8.97. The van der Waals surface area contributed by atoms with Crippen molar-refractivity contribution in [1.82, 2.24) is 0 Å². The first-order valence-electron chi connectivity index (χ1n) is 8.12. The van der Waals surface area contributed by atoms with Crippen molar-refractivity contribution in [3.05, 3.63) is 78.9 Å². The number of hydrogen-bond donors (Lipinski definition) is 0. The molecule has 0 N–H and O–H groups in total. The van der Waals surface area contributed by atoms with E-state index in [0.29, 0.717) is 0 Å². The second-order valence-electron chi connectivity index (χ2n) is 5.66. The molecule has 0 saturated heterocycles. The van der Waals surface area contributed by atoms with E-state index >= 15 is 0 Å². The first kappa shape index (κ1) is 22.0. The number of hydrogen-bond acceptors (Lipinski definition) is 2. The Morgan fingerprint density at radius 1 is 0.483 bits per heavy atom. The van der Waals surface area contributed by atoms with E-state index in [1.165, 1.54) is 24.3 Å². The van der Waals surface area contributed by atoms with Crippen LogP contribution in [0.1, 0.15) is 0 Å². The molecule has 0 heterocycles. The highest BCUT2D eigenvalue weighted by Crippen LogP contribution is 2.40. The molecule has 0 aliphatic rings. The zero-order valence-corrected chi connectivity index (χ0v) is 16.9. The van der Waals surface area contributed by atoms with Gasteiger partial charge in [-0.05, 0) is 84.2 Å². The number of thioether (sulfide) groups is 2. The Morgan fingerprint density at radius 2 is 0.828 bits per heavy atom. The van der Waals surface area contributed by atoms with E-state index in [4.69, 9.17) is 0 Å². The van der Waals surface area contributed by atoms with Gasteiger partial charge in [-0.1, -0.05) is 18.2 Å². The Hall–Kier alpha value is -1.71. The van der Waals surface area contributed by atoms with Crippen LogP contribution in [0.3, 0.4) is 0 Å². The van der Waals surface area contributed by atoms with E-state index in [9.17, 15) is 26.3 Å². The summed E-state index contributed by atoms with van der Waals surface area (Å²) in [6.45, 7) is 0. The number of halogens is 6. The fourth-order valence-corrected chi connectivity index (χ4v) is 5.66. The highest BCUT2D eigenvalue weighted by atomic mass is 32.2. The van der Waals surface area contributed by atoms with Gasteiger partial charge in [0.1, 0.15) is 0 Å². The largest absolute Gasteiger partial charge is 0.446 e. The van der Waals surface area contributed by atoms with Crippen LogP contribution in [0.25, 0.3) is 0 Å². The van der Waals surface area contributed by atoms with Gasteiger partial charge in [-0.25, -0.2) is 0 Å². The SMILES string of the molecule is FC(F)(F)Sc1ccc([S+](c2ccccc2)c2ccc(SC(F)(F)F)cc2)cc1. The standard InChI is InChI=1S/C20H13F6S3/c21-19(22,23)27-14-6-10-17(11-7-14)29(16-4-2-1-3-5-16)18-12-8-15(9-13-18)28-20(24,25)26/h1-13H/q+1. The summed E-state index contributed by atoms with van der Waals surface area (Å²) in [5, 5.41) is 0. The van der Waals surface area contributed by atoms with E-state index in [2.05, 4.69) is 0 Å². The zero-order valence-electron chi connectivity index (χ0n) is 14.5. The third kappa shape index (κ3) is 6.65. The molecule has 9 heteroatoms. The normalized spacial score (nSPS) is 12.4. The molecule has 0 unspecified atom stereocenters. The maximum absolute atomic E-state index is 12.6. The lowest BCUT2D eigenvalue weighted by atomic mass is 10.3. The van der Waals surface area contributed by atoms with Crippen LogP contribution in [-0.4, -0.2) is 11.0 Å². The van der Waals surface area contributed by atoms with Crippen molar-refractivity contribution in [3.8, 4) is 0 Å². The minimum absolute atomic E-state index is 0.0785. The van der Waals surface area contributed by atoms with Gasteiger partial charge in [0.2, 0.25) is 0 Å². The van der Waals surface area contributed by atoms with Gasteiger partial charge in [0.05, 0.1) is 10.9 Å². The van der Waals surface area contributed by atoms with Gasteiger partial charge in [0.25, 0.3) is 0 Å². The van der Waals surface area contributed by atoms with Gasteiger partial charge >= 0.3 is 11.0 Å². The summed E-state index contributed by atoms with van der Waals surface area (Å²) < 4.78 is 75.4. The van der Waals surface area contributed by atoms with Crippen LogP contribution in [0.15, 0.2) is 103 Å². The summed E-state index contributed by atoms with van der Waals surface area (Å²) in [6.07, 6.45) is 0. The maximum atomic E-state index is 12.6. The van der Waals surface area contributed by atoms with Gasteiger partial charge in [0.15, 0.2) is 14.7 Å². The molecular weight excluding hydrogens is 450 g/mol. The van der Waals surface area contributed by atoms with Crippen LogP contribution in [0.4, 0.5) is 26.3 Å². The molecule has 0 spiro atoms. The molecule has 0 atom stereocenters. The lowest BCUT2D eigenvalue weighted by Gasteiger charge is -2.10. The molecule has 0 nitrogen and oxygen atoms in total. The van der Waals surface area contributed by atoms with Crippen LogP contribution in [0.2, 0.25) is 0 Å². The van der Waals surface area contributed by atoms with Crippen LogP contribution in [0.5, 0.6) is 0 Å². The molecule has 0 radical (unpaired) electrons. The summed E-state index contributed by atoms with van der Waals surface area (Å²) in [5.41, 5.74) is -8.73. The molecule has 3 aromatic carbocycles. The number of rotatable bonds is 5. The summed E-state index contributed by atoms with van der Waals surface area (Å²) in [5.74, 6) is 0. The molecule has 0 fully saturated rings. The molecule has 152 valence electrons.